The molecular formula is C73H97FN10O22. The Morgan fingerprint density at radius 3 is 1.94 bits per heavy atom. The highest BCUT2D eigenvalue weighted by Gasteiger charge is 2.47. The van der Waals surface area contributed by atoms with Crippen LogP contribution in [0.15, 0.2) is 47.3 Å². The number of aliphatic hydroxyl groups is 1. The number of ether oxygens (including phenoxy) is 10. The lowest BCUT2D eigenvalue weighted by Crippen LogP contribution is -2.52. The Balaban J connectivity index is 0.566. The van der Waals surface area contributed by atoms with Crippen molar-refractivity contribution in [3.05, 3.63) is 97.6 Å². The van der Waals surface area contributed by atoms with E-state index in [-0.39, 0.29) is 112 Å². The summed E-state index contributed by atoms with van der Waals surface area (Å²) in [6, 6.07) is 10.00. The first-order chi connectivity index (χ1) is 51.3. The third-order valence-corrected chi connectivity index (χ3v) is 18.9. The fourth-order valence-corrected chi connectivity index (χ4v) is 13.2. The fraction of sp³-hybridized carbons (Fsp3) is 0.589. The maximum absolute atomic E-state index is 15.6. The van der Waals surface area contributed by atoms with Gasteiger partial charge in [0.25, 0.3) is 11.5 Å². The highest BCUT2D eigenvalue weighted by molar-refractivity contribution is 6.03. The third kappa shape index (κ3) is 22.2. The average Bonchev–Trinajstić information content (AvgIpc) is 1.49. The van der Waals surface area contributed by atoms with Crippen LogP contribution in [0.3, 0.4) is 0 Å². The largest absolute Gasteiger partial charge is 0.458 e. The first-order valence-corrected chi connectivity index (χ1v) is 36.1. The Hall–Kier alpha value is -8.77. The van der Waals surface area contributed by atoms with Crippen LogP contribution in [-0.2, 0) is 127 Å². The summed E-state index contributed by atoms with van der Waals surface area (Å²) in [4.78, 5) is 150. The number of unbranched alkanes of at least 4 members (excludes halogenated alkanes) is 2. The second-order valence-corrected chi connectivity index (χ2v) is 26.2. The molecule has 4 aromatic rings. The minimum atomic E-state index is -2.06. The monoisotopic (exact) mass is 1480 g/mol. The second kappa shape index (κ2) is 40.8. The van der Waals surface area contributed by atoms with E-state index in [1.807, 2.05) is 0 Å². The Morgan fingerprint density at radius 2 is 1.30 bits per heavy atom. The molecule has 5 aliphatic rings. The van der Waals surface area contributed by atoms with Gasteiger partial charge in [0.1, 0.15) is 37.9 Å². The summed E-state index contributed by atoms with van der Waals surface area (Å²) in [5.41, 5.74) is 2.09. The zero-order valence-corrected chi connectivity index (χ0v) is 60.3. The van der Waals surface area contributed by atoms with Crippen LogP contribution in [0.4, 0.5) is 4.39 Å². The molecule has 0 saturated carbocycles. The lowest BCUT2D eigenvalue weighted by atomic mass is 9.81. The number of carbonyl (C=O) groups is 10. The number of rotatable bonds is 47. The van der Waals surface area contributed by atoms with Gasteiger partial charge in [-0.1, -0.05) is 50.6 Å². The Labute approximate surface area is 612 Å². The van der Waals surface area contributed by atoms with Crippen molar-refractivity contribution < 1.29 is 105 Å². The smallest absolute Gasteiger partial charge is 0.343 e. The summed E-state index contributed by atoms with van der Waals surface area (Å²) < 4.78 is 72.0. The van der Waals surface area contributed by atoms with E-state index < -0.39 is 97.0 Å². The molecule has 9 amide bonds. The molecule has 33 heteroatoms. The van der Waals surface area contributed by atoms with E-state index >= 15 is 4.39 Å². The van der Waals surface area contributed by atoms with Crippen LogP contribution in [-0.4, -0.2) is 247 Å². The summed E-state index contributed by atoms with van der Waals surface area (Å²) in [7, 11) is 0. The number of hydrogen-bond donors (Lipinski definition) is 7. The quantitative estimate of drug-likeness (QED) is 0.0121. The number of amides is 9. The standard InChI is InChI=1S/C73H97FN10O22/c1-4-73(96)52-37-57-67-50(42-84(57)70(93)51(52)43-105-72(73)95)66-56(15-14-49-47(3)53(74)38-54(81-67)65(49)66)82-19-16-58(71(82)94)106-45-79-61(87)40-78-68(91)55(36-48-11-7-5-8-12-48)80-62(88)41-76-60(86)39-77-63(89)44-104-34-33-103-32-31-102-30-29-101-28-27-100-26-25-99-24-23-98-22-21-97-20-17-75-59(85)13-9-6-10-18-83-64(90)35-46(2)69(83)92/h5,7-8,11-12,37-38,46,55-56,58,96H,4,6,9-10,13-36,39-45H2,1-3H3,(H,75,85)(H,76,86)(H,77,89)(H,78,91)(H,79,87)(H,80,88)/t46?,55-,56-,58?,73-/m0/s1. The predicted molar refractivity (Wildman–Crippen MR) is 374 cm³/mol. The molecule has 32 nitrogen and oxygen atoms in total. The number of cyclic esters (lactones) is 1. The van der Waals surface area contributed by atoms with Crippen LogP contribution in [0.25, 0.3) is 22.3 Å². The molecular weight excluding hydrogens is 1390 g/mol. The number of esters is 1. The molecule has 2 fully saturated rings. The van der Waals surface area contributed by atoms with E-state index in [1.54, 1.807) is 62.1 Å². The number of hydrogen-bond acceptors (Lipinski definition) is 23. The number of halogens is 1. The molecule has 578 valence electrons. The van der Waals surface area contributed by atoms with E-state index in [0.717, 1.165) is 17.5 Å². The van der Waals surface area contributed by atoms with E-state index in [9.17, 15) is 57.8 Å². The first kappa shape index (κ1) is 81.3. The van der Waals surface area contributed by atoms with Crippen LogP contribution in [0, 0.1) is 18.7 Å². The van der Waals surface area contributed by atoms with Gasteiger partial charge in [0.05, 0.1) is 154 Å². The Kier molecular flexibility index (Phi) is 31.3. The summed E-state index contributed by atoms with van der Waals surface area (Å²) in [5, 5.41) is 27.5. The number of carbonyl (C=O) groups excluding carboxylic acids is 10. The van der Waals surface area contributed by atoms with Gasteiger partial charge in [0, 0.05) is 73.8 Å². The molecule has 2 saturated heterocycles. The maximum atomic E-state index is 15.6. The van der Waals surface area contributed by atoms with Crippen molar-refractivity contribution in [3.8, 4) is 11.4 Å². The molecule has 2 unspecified atom stereocenters. The van der Waals surface area contributed by atoms with E-state index in [1.165, 1.54) is 15.5 Å². The van der Waals surface area contributed by atoms with Crippen LogP contribution < -0.4 is 37.5 Å². The molecule has 0 radical (unpaired) electrons. The number of fused-ring (bicyclic) bond motifs is 5. The van der Waals surface area contributed by atoms with Crippen molar-refractivity contribution in [2.24, 2.45) is 5.92 Å². The van der Waals surface area contributed by atoms with Crippen molar-refractivity contribution in [1.29, 1.82) is 0 Å². The van der Waals surface area contributed by atoms with Crippen LogP contribution in [0.5, 0.6) is 0 Å². The molecule has 4 aliphatic heterocycles. The van der Waals surface area contributed by atoms with Crippen LogP contribution >= 0.6 is 0 Å². The van der Waals surface area contributed by atoms with Gasteiger partial charge < -0.3 is 93.8 Å². The molecule has 0 spiro atoms. The van der Waals surface area contributed by atoms with Gasteiger partial charge in [-0.05, 0) is 67.3 Å². The molecule has 7 N–H and O–H groups in total. The van der Waals surface area contributed by atoms with Gasteiger partial charge >= 0.3 is 5.97 Å². The highest BCUT2D eigenvalue weighted by atomic mass is 19.1. The van der Waals surface area contributed by atoms with Crippen molar-refractivity contribution in [1.82, 2.24) is 51.3 Å². The fourth-order valence-electron chi connectivity index (χ4n) is 13.2. The van der Waals surface area contributed by atoms with E-state index in [0.29, 0.717) is 163 Å². The van der Waals surface area contributed by atoms with Gasteiger partial charge in [0.15, 0.2) is 5.60 Å². The summed E-state index contributed by atoms with van der Waals surface area (Å²) in [5.74, 6) is -5.58. The number of likely N-dealkylation sites (tertiary alicyclic amines) is 2. The van der Waals surface area contributed by atoms with Crippen molar-refractivity contribution in [3.63, 3.8) is 0 Å². The lowest BCUT2D eigenvalue weighted by Gasteiger charge is -2.35. The summed E-state index contributed by atoms with van der Waals surface area (Å²) in [6.45, 7) is 8.70. The number of aromatic nitrogens is 2. The van der Waals surface area contributed by atoms with E-state index in [4.69, 9.17) is 52.4 Å². The van der Waals surface area contributed by atoms with Crippen molar-refractivity contribution >= 4 is 70.0 Å². The summed E-state index contributed by atoms with van der Waals surface area (Å²) in [6.07, 6.45) is 2.91. The van der Waals surface area contributed by atoms with E-state index in [2.05, 4.69) is 31.9 Å². The molecule has 106 heavy (non-hydrogen) atoms. The topological polar surface area (TPSA) is 397 Å². The van der Waals surface area contributed by atoms with Gasteiger partial charge in [0.2, 0.25) is 47.3 Å². The van der Waals surface area contributed by atoms with Crippen LogP contribution in [0.1, 0.15) is 110 Å². The molecule has 0 bridgehead atoms. The van der Waals surface area contributed by atoms with Gasteiger partial charge in [-0.25, -0.2) is 14.2 Å². The number of imide groups is 1. The second-order valence-electron chi connectivity index (χ2n) is 26.2. The van der Waals surface area contributed by atoms with Gasteiger partial charge in [-0.2, -0.15) is 0 Å². The molecule has 9 rings (SSSR count). The lowest BCUT2D eigenvalue weighted by molar-refractivity contribution is -0.172. The normalized spacial score (nSPS) is 18.1. The Morgan fingerprint density at radius 1 is 0.689 bits per heavy atom. The minimum Gasteiger partial charge on any atom is -0.458 e. The number of nitrogens with one attached hydrogen (secondary N) is 6. The number of benzene rings is 2. The highest BCUT2D eigenvalue weighted by Crippen LogP contribution is 2.48. The summed E-state index contributed by atoms with van der Waals surface area (Å²) >= 11 is 0. The molecule has 5 atom stereocenters. The molecule has 6 heterocycles. The van der Waals surface area contributed by atoms with Gasteiger partial charge in [-0.3, -0.25) is 52.8 Å². The minimum absolute atomic E-state index is 0.0274. The third-order valence-electron chi connectivity index (χ3n) is 18.9. The maximum Gasteiger partial charge on any atom is 0.343 e. The van der Waals surface area contributed by atoms with Crippen LogP contribution in [0.2, 0.25) is 0 Å². The zero-order valence-electron chi connectivity index (χ0n) is 60.3. The molecule has 2 aromatic heterocycles. The number of nitrogens with zero attached hydrogens (tertiary/aromatic N) is 4. The SMILES string of the molecule is CC[C@@]1(O)C(=O)OCc2c1cc1n(c2=O)Cc2c-1nc1cc(F)c(C)c3c1c2[C@@H](N1CCC(OCNC(=O)CNC(=O)[C@H](Cc2ccccc2)NC(=O)CNC(=O)CNC(=O)COCCOCCOCCOCCOCCOCCOCCOCCNC(=O)CCCCCN2C(=O)CC(C)C2=O)C1=O)CC3. The van der Waals surface area contributed by atoms with Crippen molar-refractivity contribution in [2.45, 2.75) is 122 Å². The molecule has 1 aliphatic carbocycles. The van der Waals surface area contributed by atoms with Gasteiger partial charge in [-0.15, -0.1) is 0 Å². The first-order valence-electron chi connectivity index (χ1n) is 36.1. The number of aryl methyl sites for hydroxylation is 1. The number of pyridine rings is 2. The zero-order chi connectivity index (χ0) is 75.5. The average molecular weight is 1490 g/mol. The van der Waals surface area contributed by atoms with Crippen molar-refractivity contribution in [2.75, 3.05) is 152 Å². The predicted octanol–water partition coefficient (Wildman–Crippen LogP) is 0.486. The Bertz CT molecular complexity index is 3830. The molecule has 2 aromatic carbocycles.